The molecular formula is C12H20N2O2. The van der Waals surface area contributed by atoms with E-state index in [9.17, 15) is 9.59 Å². The largest absolute Gasteiger partial charge is 0.329 e. The van der Waals surface area contributed by atoms with Gasteiger partial charge in [0.2, 0.25) is 5.91 Å². The van der Waals surface area contributed by atoms with Crippen molar-refractivity contribution in [2.24, 2.45) is 11.8 Å². The number of rotatable bonds is 3. The molecule has 0 unspecified atom stereocenters. The SMILES string of the molecule is CC1CCC(CCN2C(=O)CNC2=O)CC1. The molecule has 0 radical (unpaired) electrons. The second kappa shape index (κ2) is 4.85. The topological polar surface area (TPSA) is 49.4 Å². The molecule has 16 heavy (non-hydrogen) atoms. The Labute approximate surface area is 96.4 Å². The molecule has 1 aliphatic carbocycles. The van der Waals surface area contributed by atoms with Crippen molar-refractivity contribution in [1.82, 2.24) is 10.2 Å². The molecule has 3 amide bonds. The van der Waals surface area contributed by atoms with Gasteiger partial charge in [-0.25, -0.2) is 4.79 Å². The Morgan fingerprint density at radius 2 is 1.94 bits per heavy atom. The van der Waals surface area contributed by atoms with E-state index in [1.807, 2.05) is 0 Å². The lowest BCUT2D eigenvalue weighted by Gasteiger charge is -2.27. The molecule has 1 N–H and O–H groups in total. The first-order valence-electron chi connectivity index (χ1n) is 6.25. The minimum atomic E-state index is -0.214. The van der Waals surface area contributed by atoms with Crippen LogP contribution in [0.2, 0.25) is 0 Å². The van der Waals surface area contributed by atoms with Gasteiger partial charge >= 0.3 is 6.03 Å². The van der Waals surface area contributed by atoms with Crippen LogP contribution in [-0.2, 0) is 4.79 Å². The molecule has 2 fully saturated rings. The van der Waals surface area contributed by atoms with Crippen molar-refractivity contribution in [3.63, 3.8) is 0 Å². The molecule has 4 heteroatoms. The summed E-state index contributed by atoms with van der Waals surface area (Å²) in [6, 6.07) is -0.214. The zero-order valence-electron chi connectivity index (χ0n) is 9.87. The number of carbonyl (C=O) groups excluding carboxylic acids is 2. The number of amides is 3. The number of nitrogens with one attached hydrogen (secondary N) is 1. The number of nitrogens with zero attached hydrogens (tertiary/aromatic N) is 1. The van der Waals surface area contributed by atoms with Crippen molar-refractivity contribution in [3.8, 4) is 0 Å². The fourth-order valence-corrected chi connectivity index (χ4v) is 2.61. The van der Waals surface area contributed by atoms with Crippen LogP contribution in [0.4, 0.5) is 4.79 Å². The van der Waals surface area contributed by atoms with E-state index in [1.54, 1.807) is 0 Å². The van der Waals surface area contributed by atoms with Gasteiger partial charge in [-0.15, -0.1) is 0 Å². The molecule has 1 aliphatic heterocycles. The summed E-state index contributed by atoms with van der Waals surface area (Å²) >= 11 is 0. The number of hydrogen-bond donors (Lipinski definition) is 1. The summed E-state index contributed by atoms with van der Waals surface area (Å²) in [7, 11) is 0. The summed E-state index contributed by atoms with van der Waals surface area (Å²) in [4.78, 5) is 24.0. The van der Waals surface area contributed by atoms with Crippen molar-refractivity contribution in [2.45, 2.75) is 39.0 Å². The summed E-state index contributed by atoms with van der Waals surface area (Å²) in [5.41, 5.74) is 0. The van der Waals surface area contributed by atoms with E-state index in [2.05, 4.69) is 12.2 Å². The fourth-order valence-electron chi connectivity index (χ4n) is 2.61. The number of hydrogen-bond acceptors (Lipinski definition) is 2. The predicted octanol–water partition coefficient (Wildman–Crippen LogP) is 1.75. The number of carbonyl (C=O) groups is 2. The molecule has 2 rings (SSSR count). The van der Waals surface area contributed by atoms with Crippen LogP contribution in [0.5, 0.6) is 0 Å². The monoisotopic (exact) mass is 224 g/mol. The second-order valence-corrected chi connectivity index (χ2v) is 5.12. The van der Waals surface area contributed by atoms with E-state index >= 15 is 0 Å². The van der Waals surface area contributed by atoms with Gasteiger partial charge in [0.1, 0.15) is 0 Å². The lowest BCUT2D eigenvalue weighted by Crippen LogP contribution is -2.33. The first-order chi connectivity index (χ1) is 7.66. The van der Waals surface area contributed by atoms with Crippen LogP contribution < -0.4 is 5.32 Å². The van der Waals surface area contributed by atoms with E-state index < -0.39 is 0 Å². The van der Waals surface area contributed by atoms with Gasteiger partial charge in [-0.1, -0.05) is 32.6 Å². The van der Waals surface area contributed by atoms with Crippen LogP contribution in [0.15, 0.2) is 0 Å². The maximum absolute atomic E-state index is 11.4. The van der Waals surface area contributed by atoms with Gasteiger partial charge < -0.3 is 5.32 Å². The summed E-state index contributed by atoms with van der Waals surface area (Å²) in [6.07, 6.45) is 6.08. The van der Waals surface area contributed by atoms with Gasteiger partial charge in [0.05, 0.1) is 6.54 Å². The Balaban J connectivity index is 1.75. The third kappa shape index (κ3) is 2.54. The van der Waals surface area contributed by atoms with Gasteiger partial charge in [-0.05, 0) is 18.3 Å². The van der Waals surface area contributed by atoms with Gasteiger partial charge in [-0.2, -0.15) is 0 Å². The highest BCUT2D eigenvalue weighted by atomic mass is 16.2. The van der Waals surface area contributed by atoms with Gasteiger partial charge in [0, 0.05) is 6.54 Å². The average Bonchev–Trinajstić information content (AvgIpc) is 2.59. The molecule has 0 atom stereocenters. The molecule has 0 aromatic carbocycles. The summed E-state index contributed by atoms with van der Waals surface area (Å²) in [5.74, 6) is 1.49. The highest BCUT2D eigenvalue weighted by Crippen LogP contribution is 2.30. The maximum Gasteiger partial charge on any atom is 0.324 e. The maximum atomic E-state index is 11.4. The van der Waals surface area contributed by atoms with Crippen LogP contribution in [0.25, 0.3) is 0 Å². The normalized spacial score (nSPS) is 30.7. The standard InChI is InChI=1S/C12H20N2O2/c1-9-2-4-10(5-3-9)6-7-14-11(15)8-13-12(14)16/h9-10H,2-8H2,1H3,(H,13,16). The average molecular weight is 224 g/mol. The molecular weight excluding hydrogens is 204 g/mol. The van der Waals surface area contributed by atoms with Crippen LogP contribution >= 0.6 is 0 Å². The third-order valence-electron chi connectivity index (χ3n) is 3.83. The first-order valence-corrected chi connectivity index (χ1v) is 6.25. The van der Waals surface area contributed by atoms with E-state index in [4.69, 9.17) is 0 Å². The molecule has 4 nitrogen and oxygen atoms in total. The van der Waals surface area contributed by atoms with Crippen LogP contribution in [0.3, 0.4) is 0 Å². The fraction of sp³-hybridized carbons (Fsp3) is 0.833. The minimum absolute atomic E-state index is 0.0748. The van der Waals surface area contributed by atoms with Gasteiger partial charge in [0.25, 0.3) is 0 Å². The van der Waals surface area contributed by atoms with Crippen molar-refractivity contribution in [2.75, 3.05) is 13.1 Å². The lowest BCUT2D eigenvalue weighted by molar-refractivity contribution is -0.125. The van der Waals surface area contributed by atoms with Crippen molar-refractivity contribution in [3.05, 3.63) is 0 Å². The van der Waals surface area contributed by atoms with E-state index in [0.29, 0.717) is 12.5 Å². The Hall–Kier alpha value is -1.06. The minimum Gasteiger partial charge on any atom is -0.329 e. The predicted molar refractivity (Wildman–Crippen MR) is 60.9 cm³/mol. The molecule has 0 aromatic heterocycles. The molecule has 90 valence electrons. The van der Waals surface area contributed by atoms with Crippen molar-refractivity contribution >= 4 is 11.9 Å². The summed E-state index contributed by atoms with van der Waals surface area (Å²) < 4.78 is 0. The van der Waals surface area contributed by atoms with Crippen LogP contribution in [0, 0.1) is 11.8 Å². The Morgan fingerprint density at radius 1 is 1.25 bits per heavy atom. The Morgan fingerprint density at radius 3 is 2.50 bits per heavy atom. The smallest absolute Gasteiger partial charge is 0.324 e. The lowest BCUT2D eigenvalue weighted by atomic mass is 9.81. The number of urea groups is 1. The first kappa shape index (κ1) is 11.4. The zero-order valence-corrected chi connectivity index (χ0v) is 9.87. The zero-order chi connectivity index (χ0) is 11.5. The van der Waals surface area contributed by atoms with E-state index in [1.165, 1.54) is 30.6 Å². The van der Waals surface area contributed by atoms with Gasteiger partial charge in [0.15, 0.2) is 0 Å². The van der Waals surface area contributed by atoms with Crippen LogP contribution in [0.1, 0.15) is 39.0 Å². The quantitative estimate of drug-likeness (QED) is 0.742. The van der Waals surface area contributed by atoms with Crippen LogP contribution in [-0.4, -0.2) is 29.9 Å². The summed E-state index contributed by atoms with van der Waals surface area (Å²) in [5, 5.41) is 2.55. The van der Waals surface area contributed by atoms with E-state index in [0.717, 1.165) is 12.3 Å². The Kier molecular flexibility index (Phi) is 3.46. The second-order valence-electron chi connectivity index (χ2n) is 5.12. The molecule has 0 spiro atoms. The van der Waals surface area contributed by atoms with Gasteiger partial charge in [-0.3, -0.25) is 9.69 Å². The highest BCUT2D eigenvalue weighted by Gasteiger charge is 2.29. The van der Waals surface area contributed by atoms with Crippen molar-refractivity contribution in [1.29, 1.82) is 0 Å². The summed E-state index contributed by atoms with van der Waals surface area (Å²) in [6.45, 7) is 3.08. The third-order valence-corrected chi connectivity index (χ3v) is 3.83. The van der Waals surface area contributed by atoms with Crippen molar-refractivity contribution < 1.29 is 9.59 Å². The molecule has 1 saturated heterocycles. The molecule has 0 bridgehead atoms. The molecule has 1 heterocycles. The van der Waals surface area contributed by atoms with E-state index in [-0.39, 0.29) is 18.5 Å². The molecule has 1 saturated carbocycles. The number of imide groups is 1. The highest BCUT2D eigenvalue weighted by molar-refractivity contribution is 6.01. The molecule has 2 aliphatic rings. The Bertz CT molecular complexity index is 267. The molecule has 0 aromatic rings.